The molecular weight excluding hydrogens is 186 g/mol. The average molecular weight is 201 g/mol. The Morgan fingerprint density at radius 2 is 2.07 bits per heavy atom. The predicted molar refractivity (Wildman–Crippen MR) is 59.4 cm³/mol. The number of hydrogen-bond acceptors (Lipinski definition) is 2. The van der Waals surface area contributed by atoms with E-state index in [2.05, 4.69) is 6.07 Å². The molecule has 1 rings (SSSR count). The van der Waals surface area contributed by atoms with E-state index in [0.717, 1.165) is 11.1 Å². The zero-order valence-electron chi connectivity index (χ0n) is 9.37. The van der Waals surface area contributed by atoms with Gasteiger partial charge in [-0.05, 0) is 31.9 Å². The van der Waals surface area contributed by atoms with Crippen LogP contribution in [0.15, 0.2) is 24.3 Å². The zero-order valence-corrected chi connectivity index (χ0v) is 9.37. The number of ketones is 1. The first kappa shape index (κ1) is 11.5. The van der Waals surface area contributed by atoms with Crippen molar-refractivity contribution in [1.29, 1.82) is 5.26 Å². The van der Waals surface area contributed by atoms with Gasteiger partial charge >= 0.3 is 0 Å². The van der Waals surface area contributed by atoms with Gasteiger partial charge in [0.1, 0.15) is 5.78 Å². The van der Waals surface area contributed by atoms with Crippen LogP contribution in [0.2, 0.25) is 0 Å². The lowest BCUT2D eigenvalue weighted by Crippen LogP contribution is -2.23. The van der Waals surface area contributed by atoms with E-state index in [1.165, 1.54) is 6.92 Å². The summed E-state index contributed by atoms with van der Waals surface area (Å²) in [7, 11) is 0. The van der Waals surface area contributed by atoms with E-state index in [1.807, 2.05) is 38.1 Å². The highest BCUT2D eigenvalue weighted by molar-refractivity contribution is 5.78. The first-order valence-corrected chi connectivity index (χ1v) is 4.96. The van der Waals surface area contributed by atoms with Crippen molar-refractivity contribution >= 4 is 5.78 Å². The van der Waals surface area contributed by atoms with Gasteiger partial charge in [-0.2, -0.15) is 5.26 Å². The molecule has 0 aliphatic rings. The number of hydrogen-bond donors (Lipinski definition) is 0. The topological polar surface area (TPSA) is 40.9 Å². The van der Waals surface area contributed by atoms with Crippen LogP contribution < -0.4 is 0 Å². The quantitative estimate of drug-likeness (QED) is 0.754. The molecule has 15 heavy (non-hydrogen) atoms. The summed E-state index contributed by atoms with van der Waals surface area (Å²) >= 11 is 0. The van der Waals surface area contributed by atoms with Crippen LogP contribution in [0.5, 0.6) is 0 Å². The van der Waals surface area contributed by atoms with Crippen molar-refractivity contribution in [2.45, 2.75) is 32.6 Å². The van der Waals surface area contributed by atoms with Gasteiger partial charge in [0.2, 0.25) is 0 Å². The predicted octanol–water partition coefficient (Wildman–Crippen LogP) is 2.76. The Bertz CT molecular complexity index is 417. The minimum atomic E-state index is -0.697. The number of carbonyl (C=O) groups is 1. The Kier molecular flexibility index (Phi) is 3.26. The number of benzene rings is 1. The molecule has 0 aliphatic carbocycles. The maximum absolute atomic E-state index is 11.2. The molecule has 1 aromatic carbocycles. The Morgan fingerprint density at radius 3 is 2.53 bits per heavy atom. The van der Waals surface area contributed by atoms with Crippen LogP contribution in [0.3, 0.4) is 0 Å². The van der Waals surface area contributed by atoms with Crippen LogP contribution in [0.25, 0.3) is 0 Å². The van der Waals surface area contributed by atoms with E-state index in [0.29, 0.717) is 0 Å². The van der Waals surface area contributed by atoms with Gasteiger partial charge in [-0.1, -0.05) is 24.3 Å². The van der Waals surface area contributed by atoms with E-state index >= 15 is 0 Å². The molecule has 0 spiro atoms. The van der Waals surface area contributed by atoms with Gasteiger partial charge in [0.15, 0.2) is 0 Å². The van der Waals surface area contributed by atoms with E-state index in [4.69, 9.17) is 0 Å². The van der Waals surface area contributed by atoms with E-state index in [1.54, 1.807) is 0 Å². The van der Waals surface area contributed by atoms with Crippen LogP contribution in [-0.4, -0.2) is 5.78 Å². The lowest BCUT2D eigenvalue weighted by Gasteiger charge is -2.22. The second-order valence-corrected chi connectivity index (χ2v) is 4.14. The minimum Gasteiger partial charge on any atom is -0.300 e. The molecule has 0 N–H and O–H groups in total. The smallest absolute Gasteiger partial charge is 0.131 e. The summed E-state index contributed by atoms with van der Waals surface area (Å²) in [5.74, 6) is 0.0438. The second kappa shape index (κ2) is 4.27. The Hall–Kier alpha value is -1.62. The van der Waals surface area contributed by atoms with Gasteiger partial charge in [0.05, 0.1) is 11.5 Å². The van der Waals surface area contributed by atoms with Gasteiger partial charge in [0.25, 0.3) is 0 Å². The second-order valence-electron chi connectivity index (χ2n) is 4.14. The fraction of sp³-hybridized carbons (Fsp3) is 0.385. The van der Waals surface area contributed by atoms with Crippen LogP contribution in [0.4, 0.5) is 0 Å². The lowest BCUT2D eigenvalue weighted by atomic mass is 9.78. The van der Waals surface area contributed by atoms with Crippen LogP contribution in [0, 0.1) is 18.3 Å². The number of aryl methyl sites for hydroxylation is 1. The Balaban J connectivity index is 3.18. The van der Waals surface area contributed by atoms with E-state index in [-0.39, 0.29) is 12.2 Å². The molecule has 0 amide bonds. The molecule has 0 heterocycles. The summed E-state index contributed by atoms with van der Waals surface area (Å²) in [5.41, 5.74) is 1.31. The van der Waals surface area contributed by atoms with Gasteiger partial charge < -0.3 is 0 Å². The third kappa shape index (κ3) is 2.44. The standard InChI is InChI=1S/C13H15NO/c1-10-6-4-5-7-12(10)13(3,9-14)8-11(2)15/h4-7H,8H2,1-3H3. The Labute approximate surface area is 90.5 Å². The third-order valence-corrected chi connectivity index (χ3v) is 2.59. The number of nitrogens with zero attached hydrogens (tertiary/aromatic N) is 1. The molecule has 0 aliphatic heterocycles. The van der Waals surface area contributed by atoms with Gasteiger partial charge in [0, 0.05) is 6.42 Å². The van der Waals surface area contributed by atoms with Crippen LogP contribution in [-0.2, 0) is 10.2 Å². The minimum absolute atomic E-state index is 0.0438. The first-order valence-electron chi connectivity index (χ1n) is 4.96. The van der Waals surface area contributed by atoms with Crippen LogP contribution >= 0.6 is 0 Å². The molecule has 0 aromatic heterocycles. The molecule has 1 unspecified atom stereocenters. The normalized spacial score (nSPS) is 14.0. The first-order chi connectivity index (χ1) is 6.99. The zero-order chi connectivity index (χ0) is 11.5. The van der Waals surface area contributed by atoms with Crippen molar-refractivity contribution in [2.75, 3.05) is 0 Å². The summed E-state index contributed by atoms with van der Waals surface area (Å²) in [4.78, 5) is 11.2. The molecule has 2 heteroatoms. The average Bonchev–Trinajstić information content (AvgIpc) is 2.17. The SMILES string of the molecule is CC(=O)CC(C)(C#N)c1ccccc1C. The molecular formula is C13H15NO. The monoisotopic (exact) mass is 201 g/mol. The highest BCUT2D eigenvalue weighted by Crippen LogP contribution is 2.29. The molecule has 2 nitrogen and oxygen atoms in total. The summed E-state index contributed by atoms with van der Waals surface area (Å²) in [6.07, 6.45) is 0.272. The molecule has 1 aromatic rings. The van der Waals surface area contributed by atoms with Gasteiger partial charge in [-0.3, -0.25) is 4.79 Å². The molecule has 0 bridgehead atoms. The van der Waals surface area contributed by atoms with Crippen LogP contribution in [0.1, 0.15) is 31.4 Å². The van der Waals surface area contributed by atoms with Crippen molar-refractivity contribution in [3.05, 3.63) is 35.4 Å². The molecule has 0 saturated carbocycles. The lowest BCUT2D eigenvalue weighted by molar-refractivity contribution is -0.117. The largest absolute Gasteiger partial charge is 0.300 e. The fourth-order valence-corrected chi connectivity index (χ4v) is 1.88. The van der Waals surface area contributed by atoms with E-state index in [9.17, 15) is 10.1 Å². The highest BCUT2D eigenvalue weighted by Gasteiger charge is 2.29. The van der Waals surface area contributed by atoms with Crippen molar-refractivity contribution in [2.24, 2.45) is 0 Å². The number of carbonyl (C=O) groups excluding carboxylic acids is 1. The molecule has 0 saturated heterocycles. The molecule has 1 atom stereocenters. The van der Waals surface area contributed by atoms with E-state index < -0.39 is 5.41 Å². The van der Waals surface area contributed by atoms with Crippen molar-refractivity contribution in [3.63, 3.8) is 0 Å². The highest BCUT2D eigenvalue weighted by atomic mass is 16.1. The van der Waals surface area contributed by atoms with Crippen molar-refractivity contribution in [3.8, 4) is 6.07 Å². The summed E-state index contributed by atoms with van der Waals surface area (Å²) < 4.78 is 0. The third-order valence-electron chi connectivity index (χ3n) is 2.59. The Morgan fingerprint density at radius 1 is 1.47 bits per heavy atom. The number of rotatable bonds is 3. The fourth-order valence-electron chi connectivity index (χ4n) is 1.88. The molecule has 0 radical (unpaired) electrons. The molecule has 0 fully saturated rings. The van der Waals surface area contributed by atoms with Crippen molar-refractivity contribution in [1.82, 2.24) is 0 Å². The van der Waals surface area contributed by atoms with Crippen molar-refractivity contribution < 1.29 is 4.79 Å². The summed E-state index contributed by atoms with van der Waals surface area (Å²) in [6.45, 7) is 5.30. The van der Waals surface area contributed by atoms with Gasteiger partial charge in [-0.25, -0.2) is 0 Å². The van der Waals surface area contributed by atoms with Gasteiger partial charge in [-0.15, -0.1) is 0 Å². The molecule has 78 valence electrons. The number of Topliss-reactive ketones (excluding diaryl/α,β-unsaturated/α-hetero) is 1. The number of nitriles is 1. The maximum Gasteiger partial charge on any atom is 0.131 e. The summed E-state index contributed by atoms with van der Waals surface area (Å²) in [6, 6.07) is 9.96. The maximum atomic E-state index is 11.2. The summed E-state index contributed by atoms with van der Waals surface area (Å²) in [5, 5.41) is 9.21.